The lowest BCUT2D eigenvalue weighted by atomic mass is 9.82. The minimum absolute atomic E-state index is 0.0874. The van der Waals surface area contributed by atoms with E-state index in [1.54, 1.807) is 0 Å². The molecule has 1 amide bonds. The van der Waals surface area contributed by atoms with Crippen LogP contribution in [0.15, 0.2) is 17.2 Å². The topological polar surface area (TPSA) is 79.0 Å². The lowest BCUT2D eigenvalue weighted by molar-refractivity contribution is 0.0936. The second-order valence-corrected chi connectivity index (χ2v) is 8.10. The molecule has 1 aliphatic rings. The third kappa shape index (κ3) is 3.99. The fourth-order valence-corrected chi connectivity index (χ4v) is 3.45. The highest BCUT2D eigenvalue weighted by molar-refractivity contribution is 8.13. The summed E-state index contributed by atoms with van der Waals surface area (Å²) in [5.41, 5.74) is 0.216. The van der Waals surface area contributed by atoms with Gasteiger partial charge >= 0.3 is 0 Å². The molecule has 2 atom stereocenters. The molecule has 0 spiro atoms. The third-order valence-electron chi connectivity index (χ3n) is 3.78. The lowest BCUT2D eigenvalue weighted by Crippen LogP contribution is -2.31. The Morgan fingerprint density at radius 2 is 2.25 bits per heavy atom. The normalized spacial score (nSPS) is 23.5. The van der Waals surface area contributed by atoms with Crippen molar-refractivity contribution in [3.05, 3.63) is 18.0 Å². The van der Waals surface area contributed by atoms with E-state index in [2.05, 4.69) is 17.2 Å². The van der Waals surface area contributed by atoms with Crippen molar-refractivity contribution in [1.29, 1.82) is 0 Å². The van der Waals surface area contributed by atoms with Crippen molar-refractivity contribution in [2.45, 2.75) is 37.5 Å². The summed E-state index contributed by atoms with van der Waals surface area (Å²) in [5, 5.41) is 2.85. The van der Waals surface area contributed by atoms with Gasteiger partial charge in [0.15, 0.2) is 0 Å². The summed E-state index contributed by atoms with van der Waals surface area (Å²) in [7, 11) is 1.41. The zero-order valence-electron chi connectivity index (χ0n) is 11.4. The van der Waals surface area contributed by atoms with Crippen molar-refractivity contribution in [3.8, 4) is 0 Å². The molecular weight excluding hydrogens is 300 g/mol. The lowest BCUT2D eigenvalue weighted by Gasteiger charge is -2.26. The number of amides is 1. The van der Waals surface area contributed by atoms with Crippen LogP contribution in [0.1, 0.15) is 43.1 Å². The quantitative estimate of drug-likeness (QED) is 0.837. The molecule has 2 rings (SSSR count). The number of hydrogen-bond acceptors (Lipinski definition) is 3. The Kier molecular flexibility index (Phi) is 4.75. The van der Waals surface area contributed by atoms with Gasteiger partial charge < -0.3 is 10.3 Å². The number of H-pyrrole nitrogens is 1. The van der Waals surface area contributed by atoms with Gasteiger partial charge in [0.1, 0.15) is 10.6 Å². The maximum Gasteiger partial charge on any atom is 0.267 e. The first kappa shape index (κ1) is 15.4. The molecule has 0 aromatic carbocycles. The van der Waals surface area contributed by atoms with Crippen molar-refractivity contribution in [2.24, 2.45) is 11.8 Å². The maximum absolute atomic E-state index is 11.9. The molecule has 0 aliphatic heterocycles. The summed E-state index contributed by atoms with van der Waals surface area (Å²) in [6, 6.07) is 1.25. The van der Waals surface area contributed by atoms with E-state index in [0.29, 0.717) is 18.4 Å². The number of nitrogens with one attached hydrogen (secondary N) is 2. The second-order valence-electron chi connectivity index (χ2n) is 5.53. The van der Waals surface area contributed by atoms with E-state index in [9.17, 15) is 13.2 Å². The summed E-state index contributed by atoms with van der Waals surface area (Å²) in [6.45, 7) is 2.86. The molecular formula is C13H19ClN2O3S. The molecule has 1 aromatic heterocycles. The first-order valence-corrected chi connectivity index (χ1v) is 9.08. The molecule has 0 bridgehead atoms. The fraction of sp³-hybridized carbons (Fsp3) is 0.615. The molecule has 0 radical (unpaired) electrons. The number of aromatic amines is 1. The molecule has 5 nitrogen and oxygen atoms in total. The average Bonchev–Trinajstić information content (AvgIpc) is 2.85. The first-order chi connectivity index (χ1) is 9.36. The van der Waals surface area contributed by atoms with Gasteiger partial charge in [-0.3, -0.25) is 4.79 Å². The van der Waals surface area contributed by atoms with Crippen LogP contribution < -0.4 is 5.32 Å². The van der Waals surface area contributed by atoms with E-state index in [1.807, 2.05) is 0 Å². The predicted octanol–water partition coefficient (Wildman–Crippen LogP) is 2.50. The summed E-state index contributed by atoms with van der Waals surface area (Å²) in [5.74, 6) is 0.924. The molecule has 0 saturated heterocycles. The van der Waals surface area contributed by atoms with E-state index in [1.165, 1.54) is 25.1 Å². The highest BCUT2D eigenvalue weighted by Gasteiger charge is 2.20. The van der Waals surface area contributed by atoms with Gasteiger partial charge in [0.2, 0.25) is 0 Å². The maximum atomic E-state index is 11.9. The number of hydrogen-bond donors (Lipinski definition) is 2. The van der Waals surface area contributed by atoms with E-state index in [-0.39, 0.29) is 16.5 Å². The van der Waals surface area contributed by atoms with E-state index >= 15 is 0 Å². The first-order valence-electron chi connectivity index (χ1n) is 6.77. The van der Waals surface area contributed by atoms with Crippen molar-refractivity contribution in [1.82, 2.24) is 10.3 Å². The van der Waals surface area contributed by atoms with Gasteiger partial charge in [0.25, 0.3) is 15.0 Å². The minimum atomic E-state index is -3.80. The molecule has 1 heterocycles. The Hall–Kier alpha value is -1.01. The zero-order chi connectivity index (χ0) is 14.8. The molecule has 1 saturated carbocycles. The molecule has 1 aromatic rings. The largest absolute Gasteiger partial charge is 0.356 e. The van der Waals surface area contributed by atoms with Gasteiger partial charge in [-0.1, -0.05) is 19.8 Å². The highest BCUT2D eigenvalue weighted by atomic mass is 35.7. The number of rotatable bonds is 4. The summed E-state index contributed by atoms with van der Waals surface area (Å²) in [4.78, 5) is 14.5. The van der Waals surface area contributed by atoms with Gasteiger partial charge in [-0.2, -0.15) is 0 Å². The number of carbonyl (C=O) groups is 1. The van der Waals surface area contributed by atoms with Crippen LogP contribution in [0.5, 0.6) is 0 Å². The van der Waals surface area contributed by atoms with Gasteiger partial charge in [0, 0.05) is 23.4 Å². The van der Waals surface area contributed by atoms with Crippen LogP contribution in [0, 0.1) is 11.8 Å². The van der Waals surface area contributed by atoms with E-state index in [0.717, 1.165) is 12.8 Å². The number of halogens is 1. The van der Waals surface area contributed by atoms with Crippen LogP contribution in [0.3, 0.4) is 0 Å². The fourth-order valence-electron chi connectivity index (χ4n) is 2.72. The van der Waals surface area contributed by atoms with Crippen molar-refractivity contribution in [2.75, 3.05) is 6.54 Å². The third-order valence-corrected chi connectivity index (χ3v) is 5.11. The SMILES string of the molecule is CC1CCCC(CNC(=O)c2cc(S(=O)(=O)Cl)c[nH]2)C1. The molecule has 20 heavy (non-hydrogen) atoms. The van der Waals surface area contributed by atoms with Gasteiger partial charge in [0.05, 0.1) is 0 Å². The van der Waals surface area contributed by atoms with Crippen molar-refractivity contribution < 1.29 is 13.2 Å². The van der Waals surface area contributed by atoms with E-state index in [4.69, 9.17) is 10.7 Å². The molecule has 112 valence electrons. The predicted molar refractivity (Wildman–Crippen MR) is 77.3 cm³/mol. The van der Waals surface area contributed by atoms with Crippen LogP contribution in [0.2, 0.25) is 0 Å². The highest BCUT2D eigenvalue weighted by Crippen LogP contribution is 2.28. The molecule has 7 heteroatoms. The van der Waals surface area contributed by atoms with E-state index < -0.39 is 9.05 Å². The van der Waals surface area contributed by atoms with Gasteiger partial charge in [-0.05, 0) is 30.7 Å². The van der Waals surface area contributed by atoms with Crippen LogP contribution >= 0.6 is 10.7 Å². The monoisotopic (exact) mass is 318 g/mol. The summed E-state index contributed by atoms with van der Waals surface area (Å²) in [6.07, 6.45) is 5.96. The zero-order valence-corrected chi connectivity index (χ0v) is 12.9. The molecule has 2 N–H and O–H groups in total. The van der Waals surface area contributed by atoms with Crippen LogP contribution in [0.4, 0.5) is 0 Å². The van der Waals surface area contributed by atoms with Crippen molar-refractivity contribution in [3.63, 3.8) is 0 Å². The standard InChI is InChI=1S/C13H19ClN2O3S/c1-9-3-2-4-10(5-9)7-16-13(17)12-6-11(8-15-12)20(14,18)19/h6,8-10,15H,2-5,7H2,1H3,(H,16,17). The van der Waals surface area contributed by atoms with Gasteiger partial charge in [-0.15, -0.1) is 0 Å². The van der Waals surface area contributed by atoms with Crippen molar-refractivity contribution >= 4 is 25.6 Å². The minimum Gasteiger partial charge on any atom is -0.356 e. The Labute approximate surface area is 123 Å². The van der Waals surface area contributed by atoms with Gasteiger partial charge in [-0.25, -0.2) is 8.42 Å². The smallest absolute Gasteiger partial charge is 0.267 e. The second kappa shape index (κ2) is 6.18. The molecule has 1 aliphatic carbocycles. The van der Waals surface area contributed by atoms with Crippen LogP contribution in [-0.2, 0) is 9.05 Å². The Morgan fingerprint density at radius 3 is 2.85 bits per heavy atom. The Morgan fingerprint density at radius 1 is 1.50 bits per heavy atom. The Balaban J connectivity index is 1.90. The number of aromatic nitrogens is 1. The summed E-state index contributed by atoms with van der Waals surface area (Å²) >= 11 is 0. The number of carbonyl (C=O) groups excluding carboxylic acids is 1. The average molecular weight is 319 g/mol. The Bertz CT molecular complexity index is 582. The molecule has 1 fully saturated rings. The molecule has 2 unspecified atom stereocenters. The summed E-state index contributed by atoms with van der Waals surface area (Å²) < 4.78 is 22.2. The van der Waals surface area contributed by atoms with Crippen LogP contribution in [-0.4, -0.2) is 25.9 Å². The van der Waals surface area contributed by atoms with Crippen LogP contribution in [0.25, 0.3) is 0 Å².